The van der Waals surface area contributed by atoms with Crippen molar-refractivity contribution in [2.75, 3.05) is 16.8 Å². The third-order valence-corrected chi connectivity index (χ3v) is 4.03. The van der Waals surface area contributed by atoms with E-state index in [0.717, 1.165) is 25.8 Å². The Morgan fingerprint density at radius 3 is 2.67 bits per heavy atom. The maximum absolute atomic E-state index is 14.4. The minimum atomic E-state index is -0.679. The second-order valence-electron chi connectivity index (χ2n) is 6.24. The van der Waals surface area contributed by atoms with Gasteiger partial charge in [-0.25, -0.2) is 4.39 Å². The average Bonchev–Trinajstić information content (AvgIpc) is 3.21. The van der Waals surface area contributed by atoms with Crippen molar-refractivity contribution < 1.29 is 14.0 Å². The molecular weight excluding hydrogens is 271 g/mol. The lowest BCUT2D eigenvalue weighted by Crippen LogP contribution is -2.28. The van der Waals surface area contributed by atoms with Crippen molar-refractivity contribution in [3.63, 3.8) is 0 Å². The summed E-state index contributed by atoms with van der Waals surface area (Å²) in [5, 5.41) is 2.51. The molecule has 3 rings (SSSR count). The number of anilines is 2. The highest BCUT2D eigenvalue weighted by Crippen LogP contribution is 2.37. The van der Waals surface area contributed by atoms with E-state index in [1.165, 1.54) is 6.07 Å². The molecule has 1 aliphatic carbocycles. The summed E-state index contributed by atoms with van der Waals surface area (Å²) in [5.74, 6) is -1.21. The number of nitrogens with one attached hydrogen (secondary N) is 1. The summed E-state index contributed by atoms with van der Waals surface area (Å²) in [6.45, 7) is 5.08. The molecule has 1 fully saturated rings. The van der Waals surface area contributed by atoms with Crippen LogP contribution in [-0.2, 0) is 4.79 Å². The largest absolute Gasteiger partial charge is 0.366 e. The van der Waals surface area contributed by atoms with Crippen molar-refractivity contribution in [3.8, 4) is 0 Å². The number of benzene rings is 1. The fourth-order valence-corrected chi connectivity index (χ4v) is 2.66. The van der Waals surface area contributed by atoms with E-state index in [4.69, 9.17) is 0 Å². The third-order valence-electron chi connectivity index (χ3n) is 4.03. The molecule has 0 bridgehead atoms. The lowest BCUT2D eigenvalue weighted by molar-refractivity contribution is -0.112. The van der Waals surface area contributed by atoms with E-state index in [1.807, 2.05) is 0 Å². The number of Topliss-reactive ketones (excluding diaryl/α,β-unsaturated/α-hetero) is 1. The number of amides is 1. The summed E-state index contributed by atoms with van der Waals surface area (Å²) in [4.78, 5) is 25.1. The first-order chi connectivity index (χ1) is 9.97. The molecule has 0 atom stereocenters. The second kappa shape index (κ2) is 5.13. The van der Waals surface area contributed by atoms with Gasteiger partial charge in [0, 0.05) is 12.6 Å². The molecule has 0 saturated heterocycles. The second-order valence-corrected chi connectivity index (χ2v) is 6.24. The summed E-state index contributed by atoms with van der Waals surface area (Å²) in [6.07, 6.45) is 3.12. The van der Waals surface area contributed by atoms with E-state index in [-0.39, 0.29) is 5.56 Å². The van der Waals surface area contributed by atoms with Gasteiger partial charge in [-0.15, -0.1) is 0 Å². The van der Waals surface area contributed by atoms with Gasteiger partial charge in [0.15, 0.2) is 0 Å². The third kappa shape index (κ3) is 2.64. The molecule has 1 saturated carbocycles. The molecule has 5 heteroatoms. The molecule has 112 valence electrons. The van der Waals surface area contributed by atoms with Gasteiger partial charge >= 0.3 is 0 Å². The van der Waals surface area contributed by atoms with E-state index < -0.39 is 17.5 Å². The molecule has 2 aliphatic rings. The van der Waals surface area contributed by atoms with Crippen LogP contribution >= 0.6 is 0 Å². The molecule has 4 nitrogen and oxygen atoms in total. The molecule has 0 aromatic heterocycles. The molecule has 0 radical (unpaired) electrons. The van der Waals surface area contributed by atoms with Gasteiger partial charge in [0.05, 0.1) is 16.9 Å². The Hall–Kier alpha value is -1.91. The first-order valence-electron chi connectivity index (χ1n) is 7.43. The van der Waals surface area contributed by atoms with Gasteiger partial charge in [-0.3, -0.25) is 9.59 Å². The number of fused-ring (bicyclic) bond motifs is 1. The van der Waals surface area contributed by atoms with Crippen LogP contribution in [0.25, 0.3) is 0 Å². The molecule has 1 aromatic carbocycles. The number of hydrogen-bond donors (Lipinski definition) is 1. The van der Waals surface area contributed by atoms with E-state index in [0.29, 0.717) is 23.3 Å². The topological polar surface area (TPSA) is 49.4 Å². The summed E-state index contributed by atoms with van der Waals surface area (Å²) in [7, 11) is 0. The number of carbonyl (C=O) groups excluding carboxylic acids is 2. The summed E-state index contributed by atoms with van der Waals surface area (Å²) >= 11 is 0. The summed E-state index contributed by atoms with van der Waals surface area (Å²) in [6, 6.07) is 3.17. The minimum Gasteiger partial charge on any atom is -0.366 e. The Kier molecular flexibility index (Phi) is 3.43. The number of ketones is 1. The first-order valence-corrected chi connectivity index (χ1v) is 7.43. The maximum atomic E-state index is 14.4. The van der Waals surface area contributed by atoms with Crippen LogP contribution in [0.4, 0.5) is 15.8 Å². The van der Waals surface area contributed by atoms with Crippen molar-refractivity contribution in [2.45, 2.75) is 39.2 Å². The minimum absolute atomic E-state index is 0.140. The summed E-state index contributed by atoms with van der Waals surface area (Å²) in [5.41, 5.74) is 1.06. The van der Waals surface area contributed by atoms with Gasteiger partial charge < -0.3 is 10.2 Å². The van der Waals surface area contributed by atoms with Gasteiger partial charge in [-0.2, -0.15) is 0 Å². The Morgan fingerprint density at radius 2 is 2.05 bits per heavy atom. The molecule has 21 heavy (non-hydrogen) atoms. The number of nitrogens with zero attached hydrogens (tertiary/aromatic N) is 1. The molecule has 1 amide bonds. The Morgan fingerprint density at radius 1 is 1.33 bits per heavy atom. The Bertz CT molecular complexity index is 609. The van der Waals surface area contributed by atoms with Crippen LogP contribution in [0, 0.1) is 11.7 Å². The van der Waals surface area contributed by atoms with Crippen LogP contribution in [0.15, 0.2) is 12.1 Å². The first kappa shape index (κ1) is 14.0. The van der Waals surface area contributed by atoms with Crippen LogP contribution in [0.1, 0.15) is 43.5 Å². The van der Waals surface area contributed by atoms with E-state index >= 15 is 0 Å². The van der Waals surface area contributed by atoms with E-state index in [9.17, 15) is 14.0 Å². The van der Waals surface area contributed by atoms with Crippen LogP contribution in [-0.4, -0.2) is 24.3 Å². The Balaban J connectivity index is 1.92. The zero-order valence-corrected chi connectivity index (χ0v) is 12.3. The normalized spacial score (nSPS) is 17.1. The van der Waals surface area contributed by atoms with Gasteiger partial charge in [0.2, 0.25) is 0 Å². The predicted molar refractivity (Wildman–Crippen MR) is 79.2 cm³/mol. The molecule has 1 heterocycles. The lowest BCUT2D eigenvalue weighted by Gasteiger charge is -2.26. The lowest BCUT2D eigenvalue weighted by atomic mass is 10.1. The molecule has 0 unspecified atom stereocenters. The smallest absolute Gasteiger partial charge is 0.296 e. The molecule has 1 N–H and O–H groups in total. The predicted octanol–water partition coefficient (Wildman–Crippen LogP) is 2.98. The molecular formula is C16H19FN2O2. The van der Waals surface area contributed by atoms with Crippen LogP contribution in [0.3, 0.4) is 0 Å². The van der Waals surface area contributed by atoms with Crippen molar-refractivity contribution in [1.29, 1.82) is 0 Å². The van der Waals surface area contributed by atoms with Crippen molar-refractivity contribution in [1.82, 2.24) is 0 Å². The van der Waals surface area contributed by atoms with E-state index in [2.05, 4.69) is 24.1 Å². The standard InChI is InChI=1S/C16H19FN2O2/c1-9(2)5-6-19(10-3-4-10)14-8-13-11(7-12(14)17)15(20)16(21)18-13/h7-10H,3-6H2,1-2H3,(H,18,20,21). The van der Waals surface area contributed by atoms with Crippen molar-refractivity contribution >= 4 is 23.1 Å². The van der Waals surface area contributed by atoms with Gasteiger partial charge in [0.25, 0.3) is 11.7 Å². The van der Waals surface area contributed by atoms with Crippen LogP contribution in [0.2, 0.25) is 0 Å². The zero-order valence-electron chi connectivity index (χ0n) is 12.3. The van der Waals surface area contributed by atoms with Crippen molar-refractivity contribution in [3.05, 3.63) is 23.5 Å². The number of halogens is 1. The molecule has 0 spiro atoms. The van der Waals surface area contributed by atoms with Gasteiger partial charge in [-0.1, -0.05) is 13.8 Å². The molecule has 1 aromatic rings. The van der Waals surface area contributed by atoms with Gasteiger partial charge in [-0.05, 0) is 37.3 Å². The average molecular weight is 290 g/mol. The van der Waals surface area contributed by atoms with Crippen molar-refractivity contribution in [2.24, 2.45) is 5.92 Å². The fraction of sp³-hybridized carbons (Fsp3) is 0.500. The highest BCUT2D eigenvalue weighted by molar-refractivity contribution is 6.51. The number of hydrogen-bond acceptors (Lipinski definition) is 3. The SMILES string of the molecule is CC(C)CCN(c1cc2c(cc1F)C(=O)C(=O)N2)C1CC1. The van der Waals surface area contributed by atoms with E-state index in [1.54, 1.807) is 6.07 Å². The monoisotopic (exact) mass is 290 g/mol. The number of rotatable bonds is 5. The Labute approximate surface area is 123 Å². The highest BCUT2D eigenvalue weighted by atomic mass is 19.1. The van der Waals surface area contributed by atoms with Gasteiger partial charge in [0.1, 0.15) is 5.82 Å². The summed E-state index contributed by atoms with van der Waals surface area (Å²) < 4.78 is 14.4. The van der Waals surface area contributed by atoms with Crippen LogP contribution in [0.5, 0.6) is 0 Å². The fourth-order valence-electron chi connectivity index (χ4n) is 2.66. The quantitative estimate of drug-likeness (QED) is 0.848. The zero-order chi connectivity index (χ0) is 15.1. The number of carbonyl (C=O) groups is 2. The highest BCUT2D eigenvalue weighted by Gasteiger charge is 2.34. The molecule has 1 aliphatic heterocycles. The van der Waals surface area contributed by atoms with Crippen LogP contribution < -0.4 is 10.2 Å². The maximum Gasteiger partial charge on any atom is 0.296 e.